The van der Waals surface area contributed by atoms with E-state index in [9.17, 15) is 9.59 Å². The summed E-state index contributed by atoms with van der Waals surface area (Å²) in [5.41, 5.74) is 1.88. The molecule has 1 amide bonds. The Bertz CT molecular complexity index is 1330. The number of ether oxygens (including phenoxy) is 1. The molecule has 0 radical (unpaired) electrons. The predicted octanol–water partition coefficient (Wildman–Crippen LogP) is 6.14. The van der Waals surface area contributed by atoms with Crippen molar-refractivity contribution in [2.75, 3.05) is 12.4 Å². The van der Waals surface area contributed by atoms with Crippen molar-refractivity contribution >= 4 is 50.1 Å². The molecule has 1 heterocycles. The van der Waals surface area contributed by atoms with Crippen LogP contribution in [-0.2, 0) is 0 Å². The van der Waals surface area contributed by atoms with Gasteiger partial charge in [-0.05, 0) is 58.4 Å². The molecule has 0 aliphatic heterocycles. The van der Waals surface area contributed by atoms with Crippen LogP contribution in [0, 0.1) is 0 Å². The number of benzene rings is 3. The Morgan fingerprint density at radius 1 is 1.03 bits per heavy atom. The van der Waals surface area contributed by atoms with E-state index in [1.54, 1.807) is 61.7 Å². The smallest absolute Gasteiger partial charge is 0.344 e. The van der Waals surface area contributed by atoms with Crippen LogP contribution >= 0.6 is 27.5 Å². The summed E-state index contributed by atoms with van der Waals surface area (Å²) >= 11 is 9.79. The molecule has 0 aliphatic rings. The third kappa shape index (κ3) is 3.97. The average molecular weight is 485 g/mol. The van der Waals surface area contributed by atoms with E-state index in [0.717, 1.165) is 5.39 Å². The molecule has 30 heavy (non-hydrogen) atoms. The van der Waals surface area contributed by atoms with E-state index in [4.69, 9.17) is 20.8 Å². The van der Waals surface area contributed by atoms with Gasteiger partial charge >= 0.3 is 5.63 Å². The third-order valence-corrected chi connectivity index (χ3v) is 5.50. The molecule has 0 atom stereocenters. The highest BCUT2D eigenvalue weighted by Gasteiger charge is 2.14. The maximum absolute atomic E-state index is 12.6. The fraction of sp³-hybridized carbons (Fsp3) is 0.0435. The molecule has 0 spiro atoms. The predicted molar refractivity (Wildman–Crippen MR) is 122 cm³/mol. The zero-order chi connectivity index (χ0) is 21.3. The van der Waals surface area contributed by atoms with E-state index in [-0.39, 0.29) is 5.91 Å². The topological polar surface area (TPSA) is 68.5 Å². The largest absolute Gasteiger partial charge is 0.496 e. The number of amides is 1. The van der Waals surface area contributed by atoms with E-state index in [1.165, 1.54) is 0 Å². The average Bonchev–Trinajstić information content (AvgIpc) is 2.73. The van der Waals surface area contributed by atoms with Crippen LogP contribution in [0.1, 0.15) is 10.4 Å². The van der Waals surface area contributed by atoms with Crippen molar-refractivity contribution in [3.8, 4) is 16.9 Å². The van der Waals surface area contributed by atoms with Gasteiger partial charge in [0.2, 0.25) is 0 Å². The van der Waals surface area contributed by atoms with Crippen LogP contribution in [0.15, 0.2) is 80.4 Å². The molecule has 0 saturated heterocycles. The van der Waals surface area contributed by atoms with Gasteiger partial charge in [-0.25, -0.2) is 4.79 Å². The number of hydrogen-bond acceptors (Lipinski definition) is 4. The molecular formula is C23H15BrClNO4. The number of methoxy groups -OCH3 is 1. The molecule has 4 aromatic rings. The van der Waals surface area contributed by atoms with Crippen molar-refractivity contribution in [3.05, 3.63) is 92.2 Å². The Hall–Kier alpha value is -3.09. The number of fused-ring (bicyclic) bond motifs is 1. The molecule has 0 aliphatic carbocycles. The van der Waals surface area contributed by atoms with Crippen molar-refractivity contribution < 1.29 is 13.9 Å². The fourth-order valence-corrected chi connectivity index (χ4v) is 3.89. The minimum absolute atomic E-state index is 0.299. The Morgan fingerprint density at radius 2 is 1.83 bits per heavy atom. The molecule has 0 bridgehead atoms. The summed E-state index contributed by atoms with van der Waals surface area (Å²) in [6.45, 7) is 0. The highest BCUT2D eigenvalue weighted by atomic mass is 79.9. The van der Waals surface area contributed by atoms with E-state index in [0.29, 0.717) is 43.2 Å². The molecule has 150 valence electrons. The van der Waals surface area contributed by atoms with Crippen LogP contribution in [0.25, 0.3) is 22.1 Å². The second kappa shape index (κ2) is 8.34. The van der Waals surface area contributed by atoms with Crippen molar-refractivity contribution in [2.45, 2.75) is 0 Å². The lowest BCUT2D eigenvalue weighted by molar-refractivity contribution is 0.102. The Kier molecular flexibility index (Phi) is 5.61. The molecule has 3 aromatic carbocycles. The van der Waals surface area contributed by atoms with Crippen LogP contribution in [0.4, 0.5) is 5.69 Å². The second-order valence-corrected chi connectivity index (χ2v) is 7.74. The van der Waals surface area contributed by atoms with Crippen LogP contribution in [0.5, 0.6) is 5.75 Å². The summed E-state index contributed by atoms with van der Waals surface area (Å²) in [4.78, 5) is 25.0. The zero-order valence-electron chi connectivity index (χ0n) is 15.7. The number of hydrogen-bond donors (Lipinski definition) is 1. The summed E-state index contributed by atoms with van der Waals surface area (Å²) in [6.07, 6.45) is 0. The van der Waals surface area contributed by atoms with Crippen molar-refractivity contribution in [1.29, 1.82) is 0 Å². The highest BCUT2D eigenvalue weighted by molar-refractivity contribution is 9.10. The van der Waals surface area contributed by atoms with Crippen LogP contribution in [0.2, 0.25) is 5.02 Å². The first kappa shape index (κ1) is 20.2. The van der Waals surface area contributed by atoms with Gasteiger partial charge in [-0.1, -0.05) is 35.9 Å². The van der Waals surface area contributed by atoms with Gasteiger partial charge in [0, 0.05) is 22.2 Å². The molecular weight excluding hydrogens is 470 g/mol. The second-order valence-electron chi connectivity index (χ2n) is 6.48. The summed E-state index contributed by atoms with van der Waals surface area (Å²) in [5, 5.41) is 3.92. The van der Waals surface area contributed by atoms with Gasteiger partial charge in [0.05, 0.1) is 22.2 Å². The van der Waals surface area contributed by atoms with Crippen molar-refractivity contribution in [3.63, 3.8) is 0 Å². The van der Waals surface area contributed by atoms with E-state index in [2.05, 4.69) is 21.2 Å². The lowest BCUT2D eigenvalue weighted by Crippen LogP contribution is -2.12. The van der Waals surface area contributed by atoms with E-state index < -0.39 is 5.63 Å². The van der Waals surface area contributed by atoms with Gasteiger partial charge in [-0.3, -0.25) is 4.79 Å². The molecule has 1 N–H and O–H groups in total. The number of rotatable bonds is 4. The molecule has 0 saturated carbocycles. The zero-order valence-corrected chi connectivity index (χ0v) is 18.1. The molecule has 0 unspecified atom stereocenters. The van der Waals surface area contributed by atoms with Gasteiger partial charge in [-0.15, -0.1) is 0 Å². The van der Waals surface area contributed by atoms with Crippen LogP contribution in [-0.4, -0.2) is 13.0 Å². The van der Waals surface area contributed by atoms with E-state index >= 15 is 0 Å². The number of carbonyl (C=O) groups is 1. The van der Waals surface area contributed by atoms with Gasteiger partial charge in [-0.2, -0.15) is 0 Å². The molecule has 7 heteroatoms. The summed E-state index contributed by atoms with van der Waals surface area (Å²) in [5.74, 6) is 0.334. The maximum Gasteiger partial charge on any atom is 0.344 e. The van der Waals surface area contributed by atoms with E-state index in [1.807, 2.05) is 12.1 Å². The van der Waals surface area contributed by atoms with Crippen LogP contribution < -0.4 is 15.7 Å². The SMILES string of the molecule is COc1ccc(C(=O)Nc2ccc(-c3cc4ccccc4oc3=O)c(Cl)c2)cc1Br. The number of carbonyl (C=O) groups excluding carboxylic acids is 1. The van der Waals surface area contributed by atoms with Crippen LogP contribution in [0.3, 0.4) is 0 Å². The highest BCUT2D eigenvalue weighted by Crippen LogP contribution is 2.31. The lowest BCUT2D eigenvalue weighted by Gasteiger charge is -2.10. The Labute approximate surface area is 185 Å². The normalized spacial score (nSPS) is 10.8. The summed E-state index contributed by atoms with van der Waals surface area (Å²) in [6, 6.07) is 19.0. The first-order valence-corrected chi connectivity index (χ1v) is 10.1. The number of para-hydroxylation sites is 1. The molecule has 0 fully saturated rings. The Morgan fingerprint density at radius 3 is 2.57 bits per heavy atom. The van der Waals surface area contributed by atoms with Gasteiger partial charge in [0.1, 0.15) is 11.3 Å². The maximum atomic E-state index is 12.6. The van der Waals surface area contributed by atoms with Gasteiger partial charge < -0.3 is 14.5 Å². The third-order valence-electron chi connectivity index (χ3n) is 4.57. The molecule has 5 nitrogen and oxygen atoms in total. The van der Waals surface area contributed by atoms with Crippen molar-refractivity contribution in [2.24, 2.45) is 0 Å². The standard InChI is InChI=1S/C23H15BrClNO4/c1-29-21-9-6-14(11-18(21)24)22(27)26-15-7-8-16(19(25)12-15)17-10-13-4-2-3-5-20(13)30-23(17)28/h2-12H,1H3,(H,26,27). The summed E-state index contributed by atoms with van der Waals surface area (Å²) in [7, 11) is 1.56. The monoisotopic (exact) mass is 483 g/mol. The van der Waals surface area contributed by atoms with Gasteiger partial charge in [0.25, 0.3) is 5.91 Å². The first-order valence-electron chi connectivity index (χ1n) is 8.94. The fourth-order valence-electron chi connectivity index (χ4n) is 3.07. The molecule has 1 aromatic heterocycles. The minimum Gasteiger partial charge on any atom is -0.496 e. The first-order chi connectivity index (χ1) is 14.5. The Balaban J connectivity index is 1.62. The minimum atomic E-state index is -0.476. The quantitative estimate of drug-likeness (QED) is 0.353. The molecule has 4 rings (SSSR count). The van der Waals surface area contributed by atoms with Gasteiger partial charge in [0.15, 0.2) is 0 Å². The summed E-state index contributed by atoms with van der Waals surface area (Å²) < 4.78 is 11.2. The number of anilines is 1. The van der Waals surface area contributed by atoms with Crippen molar-refractivity contribution in [1.82, 2.24) is 0 Å². The lowest BCUT2D eigenvalue weighted by atomic mass is 10.1. The number of nitrogens with one attached hydrogen (secondary N) is 1. The number of halogens is 2.